The van der Waals surface area contributed by atoms with Crippen LogP contribution in [0.25, 0.3) is 0 Å². The number of carboxylic acid groups (broad SMARTS) is 1. The molecule has 3 heteroatoms. The first-order valence-electron chi connectivity index (χ1n) is 5.14. The highest BCUT2D eigenvalue weighted by Crippen LogP contribution is 2.32. The maximum absolute atomic E-state index is 10.8. The van der Waals surface area contributed by atoms with Crippen molar-refractivity contribution in [2.45, 2.75) is 51.6 Å². The molecule has 2 unspecified atom stereocenters. The molecule has 0 amide bonds. The van der Waals surface area contributed by atoms with Gasteiger partial charge in [0.2, 0.25) is 0 Å². The predicted molar refractivity (Wildman–Crippen MR) is 51.7 cm³/mol. The minimum Gasteiger partial charge on any atom is -0.480 e. The molecule has 1 rings (SSSR count). The molecule has 1 aliphatic carbocycles. The first-order chi connectivity index (χ1) is 6.15. The molecule has 1 fully saturated rings. The molecule has 0 aliphatic heterocycles. The summed E-state index contributed by atoms with van der Waals surface area (Å²) in [7, 11) is 0. The Morgan fingerprint density at radius 1 is 1.62 bits per heavy atom. The van der Waals surface area contributed by atoms with Gasteiger partial charge in [0.25, 0.3) is 0 Å². The van der Waals surface area contributed by atoms with E-state index >= 15 is 0 Å². The average Bonchev–Trinajstić information content (AvgIpc) is 2.85. The first-order valence-corrected chi connectivity index (χ1v) is 5.14. The lowest BCUT2D eigenvalue weighted by Crippen LogP contribution is -2.42. The smallest absolute Gasteiger partial charge is 0.320 e. The summed E-state index contributed by atoms with van der Waals surface area (Å²) in [5.41, 5.74) is 0. The molecule has 1 saturated carbocycles. The summed E-state index contributed by atoms with van der Waals surface area (Å²) in [6.07, 6.45) is 4.16. The van der Waals surface area contributed by atoms with Gasteiger partial charge >= 0.3 is 5.97 Å². The van der Waals surface area contributed by atoms with Gasteiger partial charge < -0.3 is 10.4 Å². The van der Waals surface area contributed by atoms with E-state index in [0.717, 1.165) is 18.8 Å². The van der Waals surface area contributed by atoms with Crippen molar-refractivity contribution >= 4 is 5.97 Å². The lowest BCUT2D eigenvalue weighted by molar-refractivity contribution is -0.139. The van der Waals surface area contributed by atoms with Gasteiger partial charge in [0.15, 0.2) is 0 Å². The van der Waals surface area contributed by atoms with E-state index in [-0.39, 0.29) is 6.04 Å². The van der Waals surface area contributed by atoms with E-state index in [9.17, 15) is 4.79 Å². The molecule has 0 aromatic heterocycles. The number of aliphatic carboxylic acids is 1. The summed E-state index contributed by atoms with van der Waals surface area (Å²) in [4.78, 5) is 10.8. The lowest BCUT2D eigenvalue weighted by Gasteiger charge is -2.19. The number of hydrogen-bond donors (Lipinski definition) is 2. The summed E-state index contributed by atoms with van der Waals surface area (Å²) < 4.78 is 0. The van der Waals surface area contributed by atoms with Crippen molar-refractivity contribution in [3.63, 3.8) is 0 Å². The summed E-state index contributed by atoms with van der Waals surface area (Å²) in [5, 5.41) is 12.1. The Morgan fingerprint density at radius 2 is 2.23 bits per heavy atom. The van der Waals surface area contributed by atoms with Gasteiger partial charge in [0, 0.05) is 6.04 Å². The molecule has 76 valence electrons. The van der Waals surface area contributed by atoms with Crippen molar-refractivity contribution in [2.75, 3.05) is 0 Å². The van der Waals surface area contributed by atoms with Gasteiger partial charge in [0.05, 0.1) is 0 Å². The molecule has 2 atom stereocenters. The minimum atomic E-state index is -0.714. The van der Waals surface area contributed by atoms with Crippen molar-refractivity contribution in [1.29, 1.82) is 0 Å². The van der Waals surface area contributed by atoms with Crippen LogP contribution in [0.1, 0.15) is 39.5 Å². The second-order valence-electron chi connectivity index (χ2n) is 3.97. The van der Waals surface area contributed by atoms with Crippen LogP contribution in [-0.4, -0.2) is 23.2 Å². The van der Waals surface area contributed by atoms with Crippen LogP contribution in [0.2, 0.25) is 0 Å². The number of hydrogen-bond acceptors (Lipinski definition) is 2. The third-order valence-corrected chi connectivity index (χ3v) is 2.67. The average molecular weight is 185 g/mol. The first kappa shape index (κ1) is 10.5. The van der Waals surface area contributed by atoms with Gasteiger partial charge in [0.1, 0.15) is 6.04 Å². The molecule has 0 saturated heterocycles. The van der Waals surface area contributed by atoms with Crippen LogP contribution in [0.3, 0.4) is 0 Å². The summed E-state index contributed by atoms with van der Waals surface area (Å²) in [6, 6.07) is 0.0215. The van der Waals surface area contributed by atoms with Gasteiger partial charge in [-0.2, -0.15) is 0 Å². The van der Waals surface area contributed by atoms with Crippen LogP contribution in [0.5, 0.6) is 0 Å². The number of rotatable bonds is 6. The number of carbonyl (C=O) groups is 1. The van der Waals surface area contributed by atoms with E-state index in [4.69, 9.17) is 5.11 Å². The minimum absolute atomic E-state index is 0.347. The van der Waals surface area contributed by atoms with E-state index in [2.05, 4.69) is 12.2 Å². The third-order valence-electron chi connectivity index (χ3n) is 2.67. The SMILES string of the molecule is CCCC(NC(C)C1CC1)C(=O)O. The van der Waals surface area contributed by atoms with Crippen LogP contribution >= 0.6 is 0 Å². The molecule has 0 bridgehead atoms. The molecule has 1 aliphatic rings. The molecule has 2 N–H and O–H groups in total. The van der Waals surface area contributed by atoms with Gasteiger partial charge in [-0.05, 0) is 32.1 Å². The van der Waals surface area contributed by atoms with Gasteiger partial charge in [-0.1, -0.05) is 13.3 Å². The molecule has 0 aromatic carbocycles. The molecule has 0 radical (unpaired) electrons. The molecule has 13 heavy (non-hydrogen) atoms. The van der Waals surface area contributed by atoms with Gasteiger partial charge in [-0.25, -0.2) is 0 Å². The number of nitrogens with one attached hydrogen (secondary N) is 1. The highest BCUT2D eigenvalue weighted by molar-refractivity contribution is 5.73. The fourth-order valence-corrected chi connectivity index (χ4v) is 1.62. The Morgan fingerprint density at radius 3 is 2.62 bits per heavy atom. The summed E-state index contributed by atoms with van der Waals surface area (Å²) in [5.74, 6) is 0.00746. The molecule has 0 heterocycles. The molecule has 0 aromatic rings. The Balaban J connectivity index is 2.31. The standard InChI is InChI=1S/C10H19NO2/c1-3-4-9(10(12)13)11-7(2)8-5-6-8/h7-9,11H,3-6H2,1-2H3,(H,12,13). The van der Waals surface area contributed by atoms with E-state index in [1.807, 2.05) is 6.92 Å². The zero-order valence-electron chi connectivity index (χ0n) is 8.42. The van der Waals surface area contributed by atoms with Crippen LogP contribution in [0, 0.1) is 5.92 Å². The van der Waals surface area contributed by atoms with Crippen molar-refractivity contribution in [2.24, 2.45) is 5.92 Å². The Hall–Kier alpha value is -0.570. The molecular formula is C10H19NO2. The van der Waals surface area contributed by atoms with Gasteiger partial charge in [-0.3, -0.25) is 4.79 Å². The number of carboxylic acids is 1. The molecule has 0 spiro atoms. The predicted octanol–water partition coefficient (Wildman–Crippen LogP) is 1.63. The van der Waals surface area contributed by atoms with Crippen molar-refractivity contribution in [3.8, 4) is 0 Å². The van der Waals surface area contributed by atoms with E-state index < -0.39 is 5.97 Å². The van der Waals surface area contributed by atoms with E-state index in [1.54, 1.807) is 0 Å². The van der Waals surface area contributed by atoms with Crippen LogP contribution in [0.4, 0.5) is 0 Å². The topological polar surface area (TPSA) is 49.3 Å². The largest absolute Gasteiger partial charge is 0.480 e. The normalized spacial score (nSPS) is 21.1. The zero-order chi connectivity index (χ0) is 9.84. The van der Waals surface area contributed by atoms with Crippen LogP contribution in [0.15, 0.2) is 0 Å². The molecule has 3 nitrogen and oxygen atoms in total. The van der Waals surface area contributed by atoms with Crippen molar-refractivity contribution in [1.82, 2.24) is 5.32 Å². The molecular weight excluding hydrogens is 166 g/mol. The lowest BCUT2D eigenvalue weighted by atomic mass is 10.1. The third kappa shape index (κ3) is 3.35. The highest BCUT2D eigenvalue weighted by atomic mass is 16.4. The Kier molecular flexibility index (Phi) is 3.72. The van der Waals surface area contributed by atoms with Gasteiger partial charge in [-0.15, -0.1) is 0 Å². The van der Waals surface area contributed by atoms with E-state index in [0.29, 0.717) is 6.04 Å². The second-order valence-corrected chi connectivity index (χ2v) is 3.97. The Labute approximate surface area is 79.5 Å². The summed E-state index contributed by atoms with van der Waals surface area (Å²) >= 11 is 0. The summed E-state index contributed by atoms with van der Waals surface area (Å²) in [6.45, 7) is 4.10. The van der Waals surface area contributed by atoms with Crippen LogP contribution in [-0.2, 0) is 4.79 Å². The zero-order valence-corrected chi connectivity index (χ0v) is 8.42. The monoisotopic (exact) mass is 185 g/mol. The maximum Gasteiger partial charge on any atom is 0.320 e. The second kappa shape index (κ2) is 4.61. The maximum atomic E-state index is 10.8. The fourth-order valence-electron chi connectivity index (χ4n) is 1.62. The highest BCUT2D eigenvalue weighted by Gasteiger charge is 2.30. The quantitative estimate of drug-likeness (QED) is 0.661. The Bertz CT molecular complexity index is 178. The van der Waals surface area contributed by atoms with Crippen molar-refractivity contribution in [3.05, 3.63) is 0 Å². The van der Waals surface area contributed by atoms with Crippen LogP contribution < -0.4 is 5.32 Å². The van der Waals surface area contributed by atoms with E-state index in [1.165, 1.54) is 12.8 Å². The van der Waals surface area contributed by atoms with Crippen molar-refractivity contribution < 1.29 is 9.90 Å². The fraction of sp³-hybridized carbons (Fsp3) is 0.900.